The average Bonchev–Trinajstić information content (AvgIpc) is 3.09. The molecule has 26 heavy (non-hydrogen) atoms. The van der Waals surface area contributed by atoms with Gasteiger partial charge < -0.3 is 0 Å². The summed E-state index contributed by atoms with van der Waals surface area (Å²) in [5.41, 5.74) is 4.84. The number of hydrogen-bond acceptors (Lipinski definition) is 3. The van der Waals surface area contributed by atoms with Crippen molar-refractivity contribution in [2.24, 2.45) is 0 Å². The highest BCUT2D eigenvalue weighted by molar-refractivity contribution is 7.90. The molecule has 0 saturated heterocycles. The largest absolute Gasteiger partial charge is 0.214 e. The average molecular weight is 366 g/mol. The standard InChI is InChI=1S/C21H22N2O2S/c1-15(2)26(24,25)23-21-5-3-4-20(21)19-12-10-18(11-13-19)17-8-6-16(14-22)7-9-17/h4,6-13,15,21,23H,3,5H2,1-2H3. The lowest BCUT2D eigenvalue weighted by Crippen LogP contribution is -2.38. The van der Waals surface area contributed by atoms with E-state index in [1.165, 1.54) is 0 Å². The van der Waals surface area contributed by atoms with Crippen LogP contribution in [-0.2, 0) is 10.0 Å². The lowest BCUT2D eigenvalue weighted by atomic mass is 9.98. The zero-order chi connectivity index (χ0) is 18.7. The van der Waals surface area contributed by atoms with Crippen LogP contribution in [0.2, 0.25) is 0 Å². The van der Waals surface area contributed by atoms with Gasteiger partial charge in [-0.05, 0) is 61.1 Å². The quantitative estimate of drug-likeness (QED) is 0.866. The Morgan fingerprint density at radius 2 is 1.54 bits per heavy atom. The number of rotatable bonds is 5. The number of sulfonamides is 1. The molecule has 134 valence electrons. The van der Waals surface area contributed by atoms with E-state index in [4.69, 9.17) is 5.26 Å². The summed E-state index contributed by atoms with van der Waals surface area (Å²) >= 11 is 0. The minimum absolute atomic E-state index is 0.164. The van der Waals surface area contributed by atoms with Crippen molar-refractivity contribution in [3.63, 3.8) is 0 Å². The second-order valence-corrected chi connectivity index (χ2v) is 9.04. The van der Waals surface area contributed by atoms with Crippen LogP contribution in [0.25, 0.3) is 16.7 Å². The van der Waals surface area contributed by atoms with Gasteiger partial charge >= 0.3 is 0 Å². The van der Waals surface area contributed by atoms with Gasteiger partial charge in [-0.25, -0.2) is 13.1 Å². The Bertz CT molecular complexity index is 951. The number of nitriles is 1. The van der Waals surface area contributed by atoms with Gasteiger partial charge in [0.05, 0.1) is 16.9 Å². The fourth-order valence-corrected chi connectivity index (χ4v) is 3.98. The van der Waals surface area contributed by atoms with Crippen molar-refractivity contribution in [3.05, 3.63) is 65.7 Å². The van der Waals surface area contributed by atoms with Crippen LogP contribution in [0.15, 0.2) is 54.6 Å². The van der Waals surface area contributed by atoms with Crippen LogP contribution >= 0.6 is 0 Å². The van der Waals surface area contributed by atoms with E-state index in [0.717, 1.165) is 35.1 Å². The Morgan fingerprint density at radius 1 is 1.00 bits per heavy atom. The molecular formula is C21H22N2O2S. The predicted molar refractivity (Wildman–Crippen MR) is 105 cm³/mol. The molecule has 0 heterocycles. The fraction of sp³-hybridized carbons (Fsp3) is 0.286. The molecule has 0 spiro atoms. The second-order valence-electron chi connectivity index (χ2n) is 6.77. The van der Waals surface area contributed by atoms with Crippen molar-refractivity contribution < 1.29 is 8.42 Å². The molecule has 2 aromatic rings. The van der Waals surface area contributed by atoms with E-state index in [1.54, 1.807) is 26.0 Å². The van der Waals surface area contributed by atoms with Gasteiger partial charge in [0.25, 0.3) is 0 Å². The normalized spacial score (nSPS) is 17.2. The maximum absolute atomic E-state index is 12.2. The monoisotopic (exact) mass is 366 g/mol. The van der Waals surface area contributed by atoms with E-state index in [-0.39, 0.29) is 6.04 Å². The molecule has 0 radical (unpaired) electrons. The summed E-state index contributed by atoms with van der Waals surface area (Å²) in [5.74, 6) is 0. The van der Waals surface area contributed by atoms with Crippen molar-refractivity contribution in [3.8, 4) is 17.2 Å². The van der Waals surface area contributed by atoms with E-state index in [1.807, 2.05) is 36.4 Å². The first kappa shape index (κ1) is 18.4. The number of allylic oxidation sites excluding steroid dienone is 1. The zero-order valence-electron chi connectivity index (χ0n) is 14.9. The molecular weight excluding hydrogens is 344 g/mol. The van der Waals surface area contributed by atoms with Crippen LogP contribution < -0.4 is 4.72 Å². The Labute approximate surface area is 155 Å². The second kappa shape index (κ2) is 7.45. The summed E-state index contributed by atoms with van der Waals surface area (Å²) in [7, 11) is -3.30. The smallest absolute Gasteiger partial charge is 0.212 e. The molecule has 2 aromatic carbocycles. The molecule has 1 N–H and O–H groups in total. The van der Waals surface area contributed by atoms with Gasteiger partial charge in [-0.2, -0.15) is 5.26 Å². The summed E-state index contributed by atoms with van der Waals surface area (Å²) in [6.07, 6.45) is 3.78. The van der Waals surface area contributed by atoms with Gasteiger partial charge in [0.15, 0.2) is 0 Å². The van der Waals surface area contributed by atoms with Crippen LogP contribution in [0.1, 0.15) is 37.8 Å². The molecule has 5 heteroatoms. The Hall–Kier alpha value is -2.42. The third-order valence-electron chi connectivity index (χ3n) is 4.69. The van der Waals surface area contributed by atoms with Crippen molar-refractivity contribution in [1.82, 2.24) is 4.72 Å². The molecule has 1 atom stereocenters. The minimum atomic E-state index is -3.30. The van der Waals surface area contributed by atoms with Gasteiger partial charge in [-0.1, -0.05) is 42.5 Å². The van der Waals surface area contributed by atoms with E-state index in [2.05, 4.69) is 16.9 Å². The van der Waals surface area contributed by atoms with Crippen molar-refractivity contribution in [2.75, 3.05) is 0 Å². The molecule has 0 amide bonds. The van der Waals surface area contributed by atoms with E-state index in [0.29, 0.717) is 5.56 Å². The lowest BCUT2D eigenvalue weighted by molar-refractivity contribution is 0.561. The zero-order valence-corrected chi connectivity index (χ0v) is 15.8. The first-order valence-corrected chi connectivity index (χ1v) is 10.3. The Balaban J connectivity index is 1.80. The first-order valence-electron chi connectivity index (χ1n) is 8.73. The Morgan fingerprint density at radius 3 is 2.08 bits per heavy atom. The molecule has 1 aliphatic rings. The maximum atomic E-state index is 12.2. The number of benzene rings is 2. The molecule has 0 bridgehead atoms. The molecule has 0 saturated carbocycles. The lowest BCUT2D eigenvalue weighted by Gasteiger charge is -2.19. The van der Waals surface area contributed by atoms with Gasteiger partial charge in [0, 0.05) is 6.04 Å². The van der Waals surface area contributed by atoms with Crippen LogP contribution in [0, 0.1) is 11.3 Å². The SMILES string of the molecule is CC(C)S(=O)(=O)NC1CCC=C1c1ccc(-c2ccc(C#N)cc2)cc1. The summed E-state index contributed by atoms with van der Waals surface area (Å²) < 4.78 is 27.2. The molecule has 0 aromatic heterocycles. The van der Waals surface area contributed by atoms with Gasteiger partial charge in [-0.3, -0.25) is 0 Å². The minimum Gasteiger partial charge on any atom is -0.212 e. The fourth-order valence-electron chi connectivity index (χ4n) is 3.07. The maximum Gasteiger partial charge on any atom is 0.214 e. The van der Waals surface area contributed by atoms with Crippen LogP contribution in [-0.4, -0.2) is 19.7 Å². The van der Waals surface area contributed by atoms with Crippen molar-refractivity contribution in [1.29, 1.82) is 5.26 Å². The summed E-state index contributed by atoms with van der Waals surface area (Å²) in [6, 6.07) is 17.6. The van der Waals surface area contributed by atoms with Gasteiger partial charge in [0.1, 0.15) is 0 Å². The summed E-state index contributed by atoms with van der Waals surface area (Å²) in [5, 5.41) is 8.45. The molecule has 1 unspecified atom stereocenters. The highest BCUT2D eigenvalue weighted by Gasteiger charge is 2.27. The molecule has 4 nitrogen and oxygen atoms in total. The van der Waals surface area contributed by atoms with Crippen LogP contribution in [0.4, 0.5) is 0 Å². The third-order valence-corrected chi connectivity index (χ3v) is 6.54. The molecule has 1 aliphatic carbocycles. The van der Waals surface area contributed by atoms with Gasteiger partial charge in [-0.15, -0.1) is 0 Å². The van der Waals surface area contributed by atoms with E-state index < -0.39 is 15.3 Å². The van der Waals surface area contributed by atoms with Crippen LogP contribution in [0.5, 0.6) is 0 Å². The molecule has 0 aliphatic heterocycles. The predicted octanol–water partition coefficient (Wildman–Crippen LogP) is 4.10. The van der Waals surface area contributed by atoms with Crippen molar-refractivity contribution >= 4 is 15.6 Å². The summed E-state index contributed by atoms with van der Waals surface area (Å²) in [4.78, 5) is 0. The third kappa shape index (κ3) is 3.87. The highest BCUT2D eigenvalue weighted by Crippen LogP contribution is 2.31. The molecule has 0 fully saturated rings. The highest BCUT2D eigenvalue weighted by atomic mass is 32.2. The summed E-state index contributed by atoms with van der Waals surface area (Å²) in [6.45, 7) is 3.38. The molecule has 3 rings (SSSR count). The number of nitrogens with zero attached hydrogens (tertiary/aromatic N) is 1. The Kier molecular flexibility index (Phi) is 5.26. The number of nitrogens with one attached hydrogen (secondary N) is 1. The topological polar surface area (TPSA) is 70.0 Å². The van der Waals surface area contributed by atoms with Gasteiger partial charge in [0.2, 0.25) is 10.0 Å². The first-order chi connectivity index (χ1) is 12.4. The van der Waals surface area contributed by atoms with E-state index >= 15 is 0 Å². The van der Waals surface area contributed by atoms with Crippen LogP contribution in [0.3, 0.4) is 0 Å². The van der Waals surface area contributed by atoms with E-state index in [9.17, 15) is 8.42 Å². The number of hydrogen-bond donors (Lipinski definition) is 1. The van der Waals surface area contributed by atoms with Crippen molar-refractivity contribution in [2.45, 2.75) is 38.0 Å².